The van der Waals surface area contributed by atoms with Crippen molar-refractivity contribution >= 4 is 62.3 Å². The summed E-state index contributed by atoms with van der Waals surface area (Å²) in [4.78, 5) is 28.2. The molecule has 2 rings (SSSR count). The SMILES string of the molecule is CCC(C(=O)NC(C)(C)C)N(Cc1c(Cl)cccc1Cl)C(=O)CN(c1cccc(Cl)c1)S(C)(=O)=O. The molecule has 192 valence electrons. The van der Waals surface area contributed by atoms with Crippen LogP contribution in [-0.4, -0.2) is 49.5 Å². The molecule has 2 amide bonds. The predicted octanol–water partition coefficient (Wildman–Crippen LogP) is 5.13. The van der Waals surface area contributed by atoms with E-state index in [1.54, 1.807) is 43.3 Å². The summed E-state index contributed by atoms with van der Waals surface area (Å²) in [6, 6.07) is 10.2. The third kappa shape index (κ3) is 8.27. The second-order valence-corrected chi connectivity index (χ2v) is 12.3. The summed E-state index contributed by atoms with van der Waals surface area (Å²) in [7, 11) is -3.86. The number of anilines is 1. The first kappa shape index (κ1) is 29.2. The summed E-state index contributed by atoms with van der Waals surface area (Å²) in [5.41, 5.74) is 0.150. The lowest BCUT2D eigenvalue weighted by Crippen LogP contribution is -2.55. The Bertz CT molecular complexity index is 1160. The van der Waals surface area contributed by atoms with E-state index in [-0.39, 0.29) is 24.6 Å². The summed E-state index contributed by atoms with van der Waals surface area (Å²) in [5.74, 6) is -0.965. The van der Waals surface area contributed by atoms with Crippen molar-refractivity contribution in [2.45, 2.75) is 52.2 Å². The summed E-state index contributed by atoms with van der Waals surface area (Å²) in [6.07, 6.45) is 1.28. The number of benzene rings is 2. The van der Waals surface area contributed by atoms with Crippen LogP contribution in [0.5, 0.6) is 0 Å². The zero-order chi connectivity index (χ0) is 26.6. The zero-order valence-corrected chi connectivity index (χ0v) is 23.4. The summed E-state index contributed by atoms with van der Waals surface area (Å²) < 4.78 is 26.2. The molecular formula is C24H30Cl3N3O4S. The van der Waals surface area contributed by atoms with Gasteiger partial charge in [-0.15, -0.1) is 0 Å². The Kier molecular flexibility index (Phi) is 9.87. The average molecular weight is 563 g/mol. The van der Waals surface area contributed by atoms with E-state index < -0.39 is 34.1 Å². The van der Waals surface area contributed by atoms with E-state index in [2.05, 4.69) is 5.32 Å². The molecule has 0 saturated carbocycles. The van der Waals surface area contributed by atoms with E-state index in [1.165, 1.54) is 11.0 Å². The van der Waals surface area contributed by atoms with Crippen LogP contribution >= 0.6 is 34.8 Å². The molecule has 0 saturated heterocycles. The number of hydrogen-bond donors (Lipinski definition) is 1. The standard InChI is InChI=1S/C24H30Cl3N3O4S/c1-6-21(23(32)28-24(2,3)4)29(14-18-19(26)11-8-12-20(18)27)22(31)15-30(35(5,33)34)17-10-7-9-16(25)13-17/h7-13,21H,6,14-15H2,1-5H3,(H,28,32). The topological polar surface area (TPSA) is 86.8 Å². The fourth-order valence-electron chi connectivity index (χ4n) is 3.47. The lowest BCUT2D eigenvalue weighted by molar-refractivity contribution is -0.141. The first-order valence-electron chi connectivity index (χ1n) is 10.9. The van der Waals surface area contributed by atoms with Crippen molar-refractivity contribution in [3.05, 3.63) is 63.1 Å². The number of nitrogens with zero attached hydrogens (tertiary/aromatic N) is 2. The maximum absolute atomic E-state index is 13.7. The number of hydrogen-bond acceptors (Lipinski definition) is 4. The molecule has 35 heavy (non-hydrogen) atoms. The van der Waals surface area contributed by atoms with E-state index in [0.717, 1.165) is 10.6 Å². The van der Waals surface area contributed by atoms with Gasteiger partial charge in [-0.05, 0) is 57.5 Å². The highest BCUT2D eigenvalue weighted by molar-refractivity contribution is 7.92. The summed E-state index contributed by atoms with van der Waals surface area (Å²) >= 11 is 18.8. The number of sulfonamides is 1. The van der Waals surface area contributed by atoms with E-state index in [0.29, 0.717) is 20.6 Å². The molecular weight excluding hydrogens is 533 g/mol. The van der Waals surface area contributed by atoms with Crippen LogP contribution in [0.15, 0.2) is 42.5 Å². The number of carbonyl (C=O) groups is 2. The molecule has 2 aromatic carbocycles. The third-order valence-electron chi connectivity index (χ3n) is 5.05. The largest absolute Gasteiger partial charge is 0.350 e. The maximum atomic E-state index is 13.7. The van der Waals surface area contributed by atoms with Gasteiger partial charge in [0, 0.05) is 32.7 Å². The zero-order valence-electron chi connectivity index (χ0n) is 20.3. The van der Waals surface area contributed by atoms with Crippen molar-refractivity contribution in [2.75, 3.05) is 17.1 Å². The van der Waals surface area contributed by atoms with Gasteiger partial charge < -0.3 is 10.2 Å². The molecule has 0 heterocycles. The number of halogens is 3. The molecule has 1 N–H and O–H groups in total. The number of carbonyl (C=O) groups excluding carboxylic acids is 2. The molecule has 11 heteroatoms. The van der Waals surface area contributed by atoms with E-state index >= 15 is 0 Å². The van der Waals surface area contributed by atoms with Crippen molar-refractivity contribution < 1.29 is 18.0 Å². The van der Waals surface area contributed by atoms with Crippen LogP contribution in [0.1, 0.15) is 39.7 Å². The average Bonchev–Trinajstić information content (AvgIpc) is 2.71. The summed E-state index contributed by atoms with van der Waals surface area (Å²) in [5, 5.41) is 3.87. The minimum Gasteiger partial charge on any atom is -0.350 e. The van der Waals surface area contributed by atoms with Gasteiger partial charge in [-0.25, -0.2) is 8.42 Å². The van der Waals surface area contributed by atoms with E-state index in [1.807, 2.05) is 20.8 Å². The van der Waals surface area contributed by atoms with Crippen molar-refractivity contribution in [2.24, 2.45) is 0 Å². The molecule has 0 aliphatic rings. The van der Waals surface area contributed by atoms with Crippen LogP contribution in [-0.2, 0) is 26.2 Å². The summed E-state index contributed by atoms with van der Waals surface area (Å²) in [6.45, 7) is 6.64. The molecule has 1 atom stereocenters. The monoisotopic (exact) mass is 561 g/mol. The van der Waals surface area contributed by atoms with Crippen LogP contribution in [0.2, 0.25) is 15.1 Å². The fraction of sp³-hybridized carbons (Fsp3) is 0.417. The van der Waals surface area contributed by atoms with Gasteiger partial charge in [0.25, 0.3) is 0 Å². The molecule has 0 radical (unpaired) electrons. The quantitative estimate of drug-likeness (QED) is 0.459. The molecule has 0 aromatic heterocycles. The smallest absolute Gasteiger partial charge is 0.244 e. The van der Waals surface area contributed by atoms with Crippen LogP contribution in [0.3, 0.4) is 0 Å². The molecule has 2 aromatic rings. The van der Waals surface area contributed by atoms with Gasteiger partial charge >= 0.3 is 0 Å². The Hall–Kier alpha value is -2.00. The maximum Gasteiger partial charge on any atom is 0.244 e. The van der Waals surface area contributed by atoms with Crippen LogP contribution in [0, 0.1) is 0 Å². The molecule has 1 unspecified atom stereocenters. The lowest BCUT2D eigenvalue weighted by atomic mass is 10.1. The Morgan fingerprint density at radius 2 is 1.60 bits per heavy atom. The molecule has 0 aliphatic heterocycles. The highest BCUT2D eigenvalue weighted by atomic mass is 35.5. The first-order chi connectivity index (χ1) is 16.1. The Balaban J connectivity index is 2.52. The van der Waals surface area contributed by atoms with Crippen molar-refractivity contribution in [3.63, 3.8) is 0 Å². The number of rotatable bonds is 9. The highest BCUT2D eigenvalue weighted by Crippen LogP contribution is 2.28. The van der Waals surface area contributed by atoms with Crippen LogP contribution in [0.25, 0.3) is 0 Å². The first-order valence-corrected chi connectivity index (χ1v) is 13.9. The molecule has 0 spiro atoms. The van der Waals surface area contributed by atoms with Crippen molar-refractivity contribution in [1.82, 2.24) is 10.2 Å². The van der Waals surface area contributed by atoms with Gasteiger partial charge in [0.15, 0.2) is 0 Å². The minimum absolute atomic E-state index is 0.0828. The van der Waals surface area contributed by atoms with Crippen molar-refractivity contribution in [3.8, 4) is 0 Å². The molecule has 0 aliphatic carbocycles. The Morgan fingerprint density at radius 3 is 2.09 bits per heavy atom. The van der Waals surface area contributed by atoms with Gasteiger partial charge in [0.1, 0.15) is 12.6 Å². The second-order valence-electron chi connectivity index (χ2n) is 9.13. The lowest BCUT2D eigenvalue weighted by Gasteiger charge is -2.34. The van der Waals surface area contributed by atoms with Gasteiger partial charge in [0.2, 0.25) is 21.8 Å². The van der Waals surface area contributed by atoms with Gasteiger partial charge in [-0.3, -0.25) is 13.9 Å². The molecule has 0 bridgehead atoms. The molecule has 0 fully saturated rings. The second kappa shape index (κ2) is 11.8. The van der Waals surface area contributed by atoms with E-state index in [4.69, 9.17) is 34.8 Å². The molecule has 7 nitrogen and oxygen atoms in total. The fourth-order valence-corrected chi connectivity index (χ4v) is 5.01. The Morgan fingerprint density at radius 1 is 1.03 bits per heavy atom. The number of amides is 2. The number of nitrogens with one attached hydrogen (secondary N) is 1. The normalized spacial score (nSPS) is 12.7. The van der Waals surface area contributed by atoms with Crippen LogP contribution < -0.4 is 9.62 Å². The van der Waals surface area contributed by atoms with Crippen molar-refractivity contribution in [1.29, 1.82) is 0 Å². The highest BCUT2D eigenvalue weighted by Gasteiger charge is 2.33. The Labute approximate surface area is 222 Å². The van der Waals surface area contributed by atoms with Crippen LogP contribution in [0.4, 0.5) is 5.69 Å². The van der Waals surface area contributed by atoms with Gasteiger partial charge in [0.05, 0.1) is 11.9 Å². The van der Waals surface area contributed by atoms with E-state index in [9.17, 15) is 18.0 Å². The third-order valence-corrected chi connectivity index (χ3v) is 7.13. The van der Waals surface area contributed by atoms with Gasteiger partial charge in [-0.2, -0.15) is 0 Å². The predicted molar refractivity (Wildman–Crippen MR) is 143 cm³/mol. The van der Waals surface area contributed by atoms with Gasteiger partial charge in [-0.1, -0.05) is 53.9 Å². The minimum atomic E-state index is -3.86.